The Hall–Kier alpha value is -1.29. The van der Waals surface area contributed by atoms with Gasteiger partial charge in [-0.25, -0.2) is 0 Å². The Balaban J connectivity index is 1.83. The Morgan fingerprint density at radius 2 is 1.71 bits per heavy atom. The van der Waals surface area contributed by atoms with Gasteiger partial charge in [-0.3, -0.25) is 0 Å². The molecule has 4 heteroatoms. The summed E-state index contributed by atoms with van der Waals surface area (Å²) >= 11 is 11.1. The smallest absolute Gasteiger partial charge is 0.107 e. The molecule has 0 aliphatic heterocycles. The minimum absolute atomic E-state index is 0.764. The SMILES string of the molecule is Clc1sc(CNc2ccccc2-c2ccccc2)cc1Br. The highest BCUT2D eigenvalue weighted by Crippen LogP contribution is 2.33. The van der Waals surface area contributed by atoms with E-state index in [1.165, 1.54) is 16.0 Å². The van der Waals surface area contributed by atoms with Crippen molar-refractivity contribution in [3.05, 3.63) is 74.3 Å². The molecule has 0 unspecified atom stereocenters. The second-order valence-corrected chi connectivity index (χ2v) is 7.19. The molecule has 0 saturated carbocycles. The first-order chi connectivity index (χ1) is 10.2. The summed E-state index contributed by atoms with van der Waals surface area (Å²) in [6, 6.07) is 20.8. The van der Waals surface area contributed by atoms with Crippen molar-refractivity contribution < 1.29 is 0 Å². The molecule has 1 heterocycles. The molecule has 21 heavy (non-hydrogen) atoms. The number of nitrogens with one attached hydrogen (secondary N) is 1. The minimum atomic E-state index is 0.764. The number of thiophene rings is 1. The zero-order valence-electron chi connectivity index (χ0n) is 11.1. The Bertz CT molecular complexity index is 720. The first kappa shape index (κ1) is 14.6. The van der Waals surface area contributed by atoms with E-state index < -0.39 is 0 Å². The van der Waals surface area contributed by atoms with Crippen molar-refractivity contribution in [1.82, 2.24) is 0 Å². The van der Waals surface area contributed by atoms with Gasteiger partial charge in [0, 0.05) is 27.1 Å². The monoisotopic (exact) mass is 377 g/mol. The molecule has 0 saturated heterocycles. The largest absolute Gasteiger partial charge is 0.380 e. The summed E-state index contributed by atoms with van der Waals surface area (Å²) in [7, 11) is 0. The molecule has 0 aliphatic carbocycles. The standard InChI is InChI=1S/C17H13BrClNS/c18-15-10-13(21-17(15)19)11-20-16-9-5-4-8-14(16)12-6-2-1-3-7-12/h1-10,20H,11H2. The maximum absolute atomic E-state index is 6.08. The minimum Gasteiger partial charge on any atom is -0.380 e. The highest BCUT2D eigenvalue weighted by molar-refractivity contribution is 9.10. The summed E-state index contributed by atoms with van der Waals surface area (Å²) < 4.78 is 1.76. The van der Waals surface area contributed by atoms with Crippen LogP contribution in [0, 0.1) is 0 Å². The third-order valence-electron chi connectivity index (χ3n) is 3.16. The fraction of sp³-hybridized carbons (Fsp3) is 0.0588. The van der Waals surface area contributed by atoms with Crippen LogP contribution in [-0.4, -0.2) is 0 Å². The van der Waals surface area contributed by atoms with Gasteiger partial charge >= 0.3 is 0 Å². The lowest BCUT2D eigenvalue weighted by Crippen LogP contribution is -1.99. The second-order valence-electron chi connectivity index (χ2n) is 4.60. The van der Waals surface area contributed by atoms with Crippen molar-refractivity contribution in [1.29, 1.82) is 0 Å². The Morgan fingerprint density at radius 1 is 1.00 bits per heavy atom. The van der Waals surface area contributed by atoms with Crippen molar-refractivity contribution in [3.8, 4) is 11.1 Å². The lowest BCUT2D eigenvalue weighted by Gasteiger charge is -2.11. The van der Waals surface area contributed by atoms with E-state index in [1.807, 2.05) is 12.1 Å². The maximum Gasteiger partial charge on any atom is 0.107 e. The van der Waals surface area contributed by atoms with E-state index in [4.69, 9.17) is 11.6 Å². The topological polar surface area (TPSA) is 12.0 Å². The molecule has 106 valence electrons. The first-order valence-electron chi connectivity index (χ1n) is 6.56. The van der Waals surface area contributed by atoms with Gasteiger partial charge in [-0.05, 0) is 33.6 Å². The summed E-state index contributed by atoms with van der Waals surface area (Å²) in [6.45, 7) is 0.764. The van der Waals surface area contributed by atoms with E-state index in [1.54, 1.807) is 11.3 Å². The van der Waals surface area contributed by atoms with E-state index in [9.17, 15) is 0 Å². The molecule has 3 rings (SSSR count). The van der Waals surface area contributed by atoms with Crippen LogP contribution < -0.4 is 5.32 Å². The summed E-state index contributed by atoms with van der Waals surface area (Å²) in [6.07, 6.45) is 0. The van der Waals surface area contributed by atoms with Crippen LogP contribution in [0.2, 0.25) is 4.34 Å². The van der Waals surface area contributed by atoms with Crippen LogP contribution in [0.1, 0.15) is 4.88 Å². The van der Waals surface area contributed by atoms with Crippen molar-refractivity contribution in [2.45, 2.75) is 6.54 Å². The van der Waals surface area contributed by atoms with E-state index in [2.05, 4.69) is 69.8 Å². The van der Waals surface area contributed by atoms with Crippen LogP contribution in [0.4, 0.5) is 5.69 Å². The number of hydrogen-bond acceptors (Lipinski definition) is 2. The van der Waals surface area contributed by atoms with Crippen LogP contribution in [0.25, 0.3) is 11.1 Å². The number of halogens is 2. The molecule has 0 spiro atoms. The zero-order chi connectivity index (χ0) is 14.7. The fourth-order valence-corrected chi connectivity index (χ4v) is 3.90. The molecule has 0 aliphatic rings. The van der Waals surface area contributed by atoms with Crippen LogP contribution in [0.3, 0.4) is 0 Å². The molecular formula is C17H13BrClNS. The van der Waals surface area contributed by atoms with Crippen molar-refractivity contribution >= 4 is 44.6 Å². The average molecular weight is 379 g/mol. The third kappa shape index (κ3) is 3.49. The van der Waals surface area contributed by atoms with E-state index in [0.29, 0.717) is 0 Å². The number of benzene rings is 2. The Kier molecular flexibility index (Phi) is 4.63. The lowest BCUT2D eigenvalue weighted by molar-refractivity contribution is 1.19. The van der Waals surface area contributed by atoms with Crippen molar-refractivity contribution in [2.24, 2.45) is 0 Å². The molecule has 0 fully saturated rings. The quantitative estimate of drug-likeness (QED) is 0.550. The average Bonchev–Trinajstić information content (AvgIpc) is 2.85. The number of anilines is 1. The van der Waals surface area contributed by atoms with E-state index >= 15 is 0 Å². The maximum atomic E-state index is 6.08. The first-order valence-corrected chi connectivity index (χ1v) is 8.55. The number of hydrogen-bond donors (Lipinski definition) is 1. The number of para-hydroxylation sites is 1. The van der Waals surface area contributed by atoms with Gasteiger partial charge in [0.25, 0.3) is 0 Å². The normalized spacial score (nSPS) is 10.6. The fourth-order valence-electron chi connectivity index (χ4n) is 2.17. The molecular weight excluding hydrogens is 366 g/mol. The van der Waals surface area contributed by atoms with Gasteiger partial charge in [0.1, 0.15) is 4.34 Å². The van der Waals surface area contributed by atoms with Crippen molar-refractivity contribution in [3.63, 3.8) is 0 Å². The second kappa shape index (κ2) is 6.65. The molecule has 0 bridgehead atoms. The Labute approximate surface area is 141 Å². The van der Waals surface area contributed by atoms with Crippen molar-refractivity contribution in [2.75, 3.05) is 5.32 Å². The molecule has 1 N–H and O–H groups in total. The third-order valence-corrected chi connectivity index (χ3v) is 5.64. The van der Waals surface area contributed by atoms with Gasteiger partial charge in [-0.15, -0.1) is 11.3 Å². The Morgan fingerprint density at radius 3 is 2.43 bits per heavy atom. The van der Waals surface area contributed by atoms with Gasteiger partial charge in [0.05, 0.1) is 0 Å². The molecule has 1 nitrogen and oxygen atoms in total. The zero-order valence-corrected chi connectivity index (χ0v) is 14.3. The summed E-state index contributed by atoms with van der Waals surface area (Å²) in [5.74, 6) is 0. The van der Waals surface area contributed by atoms with Gasteiger partial charge in [0.2, 0.25) is 0 Å². The number of rotatable bonds is 4. The molecule has 3 aromatic rings. The van der Waals surface area contributed by atoms with Crippen LogP contribution in [0.5, 0.6) is 0 Å². The molecule has 0 atom stereocenters. The van der Waals surface area contributed by atoms with Gasteiger partial charge in [0.15, 0.2) is 0 Å². The highest BCUT2D eigenvalue weighted by atomic mass is 79.9. The predicted molar refractivity (Wildman–Crippen MR) is 96.2 cm³/mol. The van der Waals surface area contributed by atoms with Gasteiger partial charge in [-0.1, -0.05) is 60.1 Å². The molecule has 2 aromatic carbocycles. The summed E-state index contributed by atoms with van der Waals surface area (Å²) in [4.78, 5) is 1.20. The highest BCUT2D eigenvalue weighted by Gasteiger charge is 2.07. The predicted octanol–water partition coefficient (Wildman–Crippen LogP) is 6.44. The van der Waals surface area contributed by atoms with Crippen LogP contribution in [0.15, 0.2) is 65.1 Å². The molecule has 0 radical (unpaired) electrons. The summed E-state index contributed by atoms with van der Waals surface area (Å²) in [5.41, 5.74) is 3.55. The van der Waals surface area contributed by atoms with Gasteiger partial charge < -0.3 is 5.32 Å². The van der Waals surface area contributed by atoms with Gasteiger partial charge in [-0.2, -0.15) is 0 Å². The summed E-state index contributed by atoms with van der Waals surface area (Å²) in [5, 5.41) is 3.50. The molecule has 1 aromatic heterocycles. The molecule has 0 amide bonds. The van der Waals surface area contributed by atoms with Crippen LogP contribution in [-0.2, 0) is 6.54 Å². The van der Waals surface area contributed by atoms with E-state index in [0.717, 1.165) is 21.0 Å². The lowest BCUT2D eigenvalue weighted by atomic mass is 10.0. The van der Waals surface area contributed by atoms with E-state index in [-0.39, 0.29) is 0 Å². The van der Waals surface area contributed by atoms with Crippen LogP contribution >= 0.6 is 38.9 Å².